The van der Waals surface area contributed by atoms with Crippen molar-refractivity contribution in [1.82, 2.24) is 0 Å². The van der Waals surface area contributed by atoms with E-state index in [4.69, 9.17) is 5.11 Å². The van der Waals surface area contributed by atoms with Crippen LogP contribution in [0.3, 0.4) is 0 Å². The first-order valence-corrected chi connectivity index (χ1v) is 7.96. The number of carboxylic acid groups (broad SMARTS) is 1. The monoisotopic (exact) mass is 317 g/mol. The summed E-state index contributed by atoms with van der Waals surface area (Å²) in [6.07, 6.45) is 2.09. The number of benzene rings is 1. The molecule has 0 spiro atoms. The minimum absolute atomic E-state index is 0.0843. The van der Waals surface area contributed by atoms with Gasteiger partial charge in [-0.3, -0.25) is 4.79 Å². The first-order valence-electron chi connectivity index (χ1n) is 7.15. The molecule has 2 aromatic rings. The molecule has 0 radical (unpaired) electrons. The van der Waals surface area contributed by atoms with E-state index in [2.05, 4.69) is 24.4 Å². The summed E-state index contributed by atoms with van der Waals surface area (Å²) in [5, 5.41) is 11.8. The molecule has 4 nitrogen and oxygen atoms in total. The molecule has 1 aromatic heterocycles. The Morgan fingerprint density at radius 1 is 1.18 bits per heavy atom. The van der Waals surface area contributed by atoms with Gasteiger partial charge in [-0.1, -0.05) is 6.07 Å². The molecule has 2 rings (SSSR count). The minimum Gasteiger partial charge on any atom is -0.478 e. The number of amides is 1. The van der Waals surface area contributed by atoms with Crippen LogP contribution < -0.4 is 5.32 Å². The summed E-state index contributed by atoms with van der Waals surface area (Å²) in [6.45, 7) is 3.91. The maximum atomic E-state index is 12.0. The first kappa shape index (κ1) is 16.2. The Bertz CT molecular complexity index is 691. The third-order valence-electron chi connectivity index (χ3n) is 3.38. The number of carboxylic acids is 1. The average molecular weight is 317 g/mol. The van der Waals surface area contributed by atoms with Crippen molar-refractivity contribution in [2.45, 2.75) is 33.1 Å². The van der Waals surface area contributed by atoms with Crippen molar-refractivity contribution in [1.29, 1.82) is 0 Å². The lowest BCUT2D eigenvalue weighted by Crippen LogP contribution is -2.13. The van der Waals surface area contributed by atoms with Crippen molar-refractivity contribution < 1.29 is 14.7 Å². The minimum atomic E-state index is -0.997. The summed E-state index contributed by atoms with van der Waals surface area (Å²) < 4.78 is 0. The Labute approximate surface area is 133 Å². The van der Waals surface area contributed by atoms with Gasteiger partial charge >= 0.3 is 5.97 Å². The molecule has 22 heavy (non-hydrogen) atoms. The molecule has 0 atom stereocenters. The standard InChI is InChI=1S/C17H19NO3S/c1-11-6-8-13(17(20)21)10-15(11)18-16(19)5-3-4-14-9-7-12(2)22-14/h6-10H,3-5H2,1-2H3,(H,18,19)(H,20,21). The SMILES string of the molecule is Cc1ccc(CCCC(=O)Nc2cc(C(=O)O)ccc2C)s1. The molecule has 0 aliphatic heterocycles. The number of hydrogen-bond donors (Lipinski definition) is 2. The molecule has 0 bridgehead atoms. The van der Waals surface area contributed by atoms with Gasteiger partial charge in [0.2, 0.25) is 5.91 Å². The van der Waals surface area contributed by atoms with Gasteiger partial charge in [-0.2, -0.15) is 0 Å². The molecule has 1 aromatic carbocycles. The van der Waals surface area contributed by atoms with Crippen LogP contribution in [0.25, 0.3) is 0 Å². The smallest absolute Gasteiger partial charge is 0.335 e. The molecule has 1 heterocycles. The zero-order valence-electron chi connectivity index (χ0n) is 12.7. The fourth-order valence-corrected chi connectivity index (χ4v) is 3.08. The molecule has 0 fully saturated rings. The molecule has 0 aliphatic rings. The lowest BCUT2D eigenvalue weighted by molar-refractivity contribution is -0.116. The van der Waals surface area contributed by atoms with E-state index in [1.165, 1.54) is 21.9 Å². The molecule has 0 aliphatic carbocycles. The van der Waals surface area contributed by atoms with Gasteiger partial charge in [0.05, 0.1) is 5.56 Å². The molecule has 1 amide bonds. The fraction of sp³-hybridized carbons (Fsp3) is 0.294. The highest BCUT2D eigenvalue weighted by Gasteiger charge is 2.09. The van der Waals surface area contributed by atoms with Gasteiger partial charge in [0, 0.05) is 21.9 Å². The molecule has 0 saturated heterocycles. The second-order valence-corrected chi connectivity index (χ2v) is 6.62. The van der Waals surface area contributed by atoms with Crippen molar-refractivity contribution in [2.24, 2.45) is 0 Å². The molecule has 5 heteroatoms. The quantitative estimate of drug-likeness (QED) is 0.845. The highest BCUT2D eigenvalue weighted by molar-refractivity contribution is 7.11. The number of carbonyl (C=O) groups is 2. The van der Waals surface area contributed by atoms with Crippen LogP contribution in [0.2, 0.25) is 0 Å². The van der Waals surface area contributed by atoms with Crippen LogP contribution in [-0.4, -0.2) is 17.0 Å². The number of aryl methyl sites for hydroxylation is 3. The molecular weight excluding hydrogens is 298 g/mol. The van der Waals surface area contributed by atoms with Crippen LogP contribution in [0, 0.1) is 13.8 Å². The topological polar surface area (TPSA) is 66.4 Å². The Hall–Kier alpha value is -2.14. The van der Waals surface area contributed by atoms with Crippen molar-refractivity contribution in [3.63, 3.8) is 0 Å². The normalized spacial score (nSPS) is 10.5. The summed E-state index contributed by atoms with van der Waals surface area (Å²) in [4.78, 5) is 25.5. The highest BCUT2D eigenvalue weighted by atomic mass is 32.1. The van der Waals surface area contributed by atoms with E-state index in [0.29, 0.717) is 12.1 Å². The molecule has 0 unspecified atom stereocenters. The van der Waals surface area contributed by atoms with Crippen molar-refractivity contribution in [2.75, 3.05) is 5.32 Å². The Kier molecular flexibility index (Phi) is 5.33. The number of anilines is 1. The fourth-order valence-electron chi connectivity index (χ4n) is 2.15. The summed E-state index contributed by atoms with van der Waals surface area (Å²) in [7, 11) is 0. The van der Waals surface area contributed by atoms with Crippen molar-refractivity contribution in [3.05, 3.63) is 51.2 Å². The lowest BCUT2D eigenvalue weighted by atomic mass is 10.1. The number of rotatable bonds is 6. The Morgan fingerprint density at radius 3 is 2.59 bits per heavy atom. The van der Waals surface area contributed by atoms with Crippen LogP contribution in [0.4, 0.5) is 5.69 Å². The number of thiophene rings is 1. The Balaban J connectivity index is 1.89. The maximum absolute atomic E-state index is 12.0. The van der Waals surface area contributed by atoms with Crippen LogP contribution in [0.15, 0.2) is 30.3 Å². The summed E-state index contributed by atoms with van der Waals surface area (Å²) in [5.74, 6) is -1.08. The zero-order chi connectivity index (χ0) is 16.1. The molecule has 2 N–H and O–H groups in total. The van der Waals surface area contributed by atoms with Crippen LogP contribution in [0.5, 0.6) is 0 Å². The summed E-state index contributed by atoms with van der Waals surface area (Å²) >= 11 is 1.75. The third kappa shape index (κ3) is 4.43. The van der Waals surface area contributed by atoms with Crippen LogP contribution >= 0.6 is 11.3 Å². The predicted octanol–water partition coefficient (Wildman–Crippen LogP) is 4.02. The second-order valence-electron chi connectivity index (χ2n) is 5.25. The van der Waals surface area contributed by atoms with Crippen molar-refractivity contribution in [3.8, 4) is 0 Å². The van der Waals surface area contributed by atoms with E-state index in [9.17, 15) is 9.59 Å². The van der Waals surface area contributed by atoms with E-state index >= 15 is 0 Å². The molecule has 116 valence electrons. The first-order chi connectivity index (χ1) is 10.5. The van der Waals surface area contributed by atoms with Gasteiger partial charge in [0.25, 0.3) is 0 Å². The summed E-state index contributed by atoms with van der Waals surface area (Å²) in [6, 6.07) is 8.91. The zero-order valence-corrected chi connectivity index (χ0v) is 13.5. The number of nitrogens with one attached hydrogen (secondary N) is 1. The van der Waals surface area contributed by atoms with E-state index in [1.807, 2.05) is 6.92 Å². The highest BCUT2D eigenvalue weighted by Crippen LogP contribution is 2.19. The van der Waals surface area contributed by atoms with Gasteiger partial charge < -0.3 is 10.4 Å². The average Bonchev–Trinajstić information content (AvgIpc) is 2.86. The van der Waals surface area contributed by atoms with Gasteiger partial charge in [0.15, 0.2) is 0 Å². The molecular formula is C17H19NO3S. The van der Waals surface area contributed by atoms with Gasteiger partial charge in [0.1, 0.15) is 0 Å². The van der Waals surface area contributed by atoms with Gasteiger partial charge in [-0.05, 0) is 56.5 Å². The van der Waals surface area contributed by atoms with E-state index in [0.717, 1.165) is 18.4 Å². The number of carbonyl (C=O) groups excluding carboxylic acids is 1. The third-order valence-corrected chi connectivity index (χ3v) is 4.44. The lowest BCUT2D eigenvalue weighted by Gasteiger charge is -2.09. The molecule has 0 saturated carbocycles. The van der Waals surface area contributed by atoms with E-state index in [1.54, 1.807) is 17.4 Å². The Morgan fingerprint density at radius 2 is 1.95 bits per heavy atom. The largest absolute Gasteiger partial charge is 0.478 e. The predicted molar refractivity (Wildman–Crippen MR) is 88.8 cm³/mol. The van der Waals surface area contributed by atoms with Crippen LogP contribution in [0.1, 0.15) is 38.5 Å². The van der Waals surface area contributed by atoms with Crippen LogP contribution in [-0.2, 0) is 11.2 Å². The second kappa shape index (κ2) is 7.22. The summed E-state index contributed by atoms with van der Waals surface area (Å²) in [5.41, 5.74) is 1.60. The number of hydrogen-bond acceptors (Lipinski definition) is 3. The number of aromatic carboxylic acids is 1. The van der Waals surface area contributed by atoms with E-state index in [-0.39, 0.29) is 11.5 Å². The van der Waals surface area contributed by atoms with Crippen molar-refractivity contribution >= 4 is 28.9 Å². The van der Waals surface area contributed by atoms with Gasteiger partial charge in [-0.15, -0.1) is 11.3 Å². The maximum Gasteiger partial charge on any atom is 0.335 e. The van der Waals surface area contributed by atoms with E-state index < -0.39 is 5.97 Å². The van der Waals surface area contributed by atoms with Gasteiger partial charge in [-0.25, -0.2) is 4.79 Å².